The second-order valence-corrected chi connectivity index (χ2v) is 7.44. The lowest BCUT2D eigenvalue weighted by Crippen LogP contribution is -2.27. The van der Waals surface area contributed by atoms with Crippen LogP contribution in [-0.4, -0.2) is 50.9 Å². The zero-order chi connectivity index (χ0) is 21.3. The number of imidazole rings is 1. The molecular weight excluding hydrogens is 391 g/mol. The number of aromatic nitrogens is 4. The maximum atomic E-state index is 15.4. The van der Waals surface area contributed by atoms with Gasteiger partial charge in [-0.2, -0.15) is 9.97 Å². The Hall–Kier alpha value is -3.27. The van der Waals surface area contributed by atoms with Gasteiger partial charge in [0.2, 0.25) is 5.95 Å². The van der Waals surface area contributed by atoms with Crippen molar-refractivity contribution in [3.8, 4) is 0 Å². The molecule has 0 radical (unpaired) electrons. The van der Waals surface area contributed by atoms with Gasteiger partial charge < -0.3 is 20.5 Å². The molecule has 2 aromatic heterocycles. The molecule has 0 aliphatic carbocycles. The van der Waals surface area contributed by atoms with Gasteiger partial charge in [0.15, 0.2) is 28.9 Å². The van der Waals surface area contributed by atoms with Crippen molar-refractivity contribution in [2.24, 2.45) is 0 Å². The molecule has 30 heavy (non-hydrogen) atoms. The molecule has 1 aromatic carbocycles. The first-order chi connectivity index (χ1) is 14.4. The third kappa shape index (κ3) is 3.90. The Morgan fingerprint density at radius 1 is 1.40 bits per heavy atom. The van der Waals surface area contributed by atoms with Gasteiger partial charge in [0.05, 0.1) is 18.9 Å². The number of nitrogens with zero attached hydrogens (tertiary/aromatic N) is 4. The highest BCUT2D eigenvalue weighted by Crippen LogP contribution is 2.42. The standard InChI is InChI=1S/C20H23FN6O3/c1-20(21)9-13(10-29-14(28)8-12-6-4-3-5-7-12)30-18(20)27-11-24-15-16(23-2)25-19(22)26-17(15)27/h3-7,11,13,18H,8-10H2,1-2H3,(H3,22,23,25,26)/t13-,18+,20+/m0/s1. The Kier molecular flexibility index (Phi) is 5.25. The Morgan fingerprint density at radius 2 is 2.17 bits per heavy atom. The average molecular weight is 414 g/mol. The van der Waals surface area contributed by atoms with Gasteiger partial charge in [-0.05, 0) is 12.5 Å². The minimum atomic E-state index is -1.72. The number of carbonyl (C=O) groups is 1. The quantitative estimate of drug-likeness (QED) is 0.590. The zero-order valence-corrected chi connectivity index (χ0v) is 16.7. The number of halogens is 1. The molecule has 0 spiro atoms. The zero-order valence-electron chi connectivity index (χ0n) is 16.7. The number of carbonyl (C=O) groups excluding carboxylic acids is 1. The van der Waals surface area contributed by atoms with Gasteiger partial charge in [-0.1, -0.05) is 30.3 Å². The number of anilines is 2. The maximum Gasteiger partial charge on any atom is 0.310 e. The molecule has 9 nitrogen and oxygen atoms in total. The molecule has 1 fully saturated rings. The summed E-state index contributed by atoms with van der Waals surface area (Å²) < 4.78 is 28.1. The van der Waals surface area contributed by atoms with E-state index >= 15 is 4.39 Å². The van der Waals surface area contributed by atoms with E-state index in [-0.39, 0.29) is 31.4 Å². The van der Waals surface area contributed by atoms with E-state index in [9.17, 15) is 4.79 Å². The van der Waals surface area contributed by atoms with Crippen LogP contribution in [0.1, 0.15) is 25.1 Å². The number of benzene rings is 1. The number of rotatable bonds is 6. The van der Waals surface area contributed by atoms with Crippen LogP contribution >= 0.6 is 0 Å². The van der Waals surface area contributed by atoms with Crippen molar-refractivity contribution < 1.29 is 18.7 Å². The number of nitrogen functional groups attached to an aromatic ring is 1. The van der Waals surface area contributed by atoms with Crippen molar-refractivity contribution in [3.05, 3.63) is 42.2 Å². The van der Waals surface area contributed by atoms with Crippen LogP contribution in [0.5, 0.6) is 0 Å². The Balaban J connectivity index is 1.47. The Labute approximate surface area is 172 Å². The number of ether oxygens (including phenoxy) is 2. The summed E-state index contributed by atoms with van der Waals surface area (Å²) in [5.41, 5.74) is 5.73. The van der Waals surface area contributed by atoms with E-state index in [1.165, 1.54) is 17.8 Å². The summed E-state index contributed by atoms with van der Waals surface area (Å²) in [5, 5.41) is 2.90. The van der Waals surface area contributed by atoms with Crippen LogP contribution in [0.15, 0.2) is 36.7 Å². The minimum absolute atomic E-state index is 0.0345. The number of fused-ring (bicyclic) bond motifs is 1. The first-order valence-corrected chi connectivity index (χ1v) is 9.59. The fourth-order valence-electron chi connectivity index (χ4n) is 3.65. The SMILES string of the molecule is CNc1nc(N)nc2c1ncn2[C@@H]1O[C@H](COC(=O)Cc2ccccc2)C[C@@]1(C)F. The van der Waals surface area contributed by atoms with Crippen LogP contribution in [0.3, 0.4) is 0 Å². The molecule has 0 saturated carbocycles. The Morgan fingerprint density at radius 3 is 2.90 bits per heavy atom. The van der Waals surface area contributed by atoms with Crippen molar-refractivity contribution in [2.75, 3.05) is 24.7 Å². The van der Waals surface area contributed by atoms with Crippen LogP contribution in [0, 0.1) is 0 Å². The molecule has 10 heteroatoms. The number of esters is 1. The highest BCUT2D eigenvalue weighted by atomic mass is 19.1. The second-order valence-electron chi connectivity index (χ2n) is 7.44. The van der Waals surface area contributed by atoms with Crippen LogP contribution in [0.2, 0.25) is 0 Å². The predicted octanol–water partition coefficient (Wildman–Crippen LogP) is 2.25. The molecule has 1 saturated heterocycles. The second kappa shape index (κ2) is 7.86. The molecule has 1 aliphatic heterocycles. The normalized spacial score (nSPS) is 23.6. The van der Waals surface area contributed by atoms with Crippen molar-refractivity contribution in [1.82, 2.24) is 19.5 Å². The van der Waals surface area contributed by atoms with Crippen molar-refractivity contribution in [3.63, 3.8) is 0 Å². The summed E-state index contributed by atoms with van der Waals surface area (Å²) >= 11 is 0. The highest BCUT2D eigenvalue weighted by Gasteiger charge is 2.48. The first-order valence-electron chi connectivity index (χ1n) is 9.59. The van der Waals surface area contributed by atoms with Gasteiger partial charge in [-0.3, -0.25) is 9.36 Å². The number of alkyl halides is 1. The van der Waals surface area contributed by atoms with E-state index in [1.807, 2.05) is 30.3 Å². The van der Waals surface area contributed by atoms with Gasteiger partial charge in [0.25, 0.3) is 0 Å². The van der Waals surface area contributed by atoms with Crippen molar-refractivity contribution >= 4 is 28.9 Å². The van der Waals surface area contributed by atoms with Crippen LogP contribution in [0.4, 0.5) is 16.2 Å². The lowest BCUT2D eigenvalue weighted by Gasteiger charge is -2.22. The molecule has 3 heterocycles. The smallest absolute Gasteiger partial charge is 0.310 e. The van der Waals surface area contributed by atoms with E-state index in [4.69, 9.17) is 15.2 Å². The number of hydrogen-bond acceptors (Lipinski definition) is 8. The monoisotopic (exact) mass is 414 g/mol. The molecule has 158 valence electrons. The minimum Gasteiger partial charge on any atom is -0.463 e. The molecule has 3 atom stereocenters. The number of nitrogens with two attached hydrogens (primary N) is 1. The van der Waals surface area contributed by atoms with Crippen LogP contribution in [-0.2, 0) is 20.7 Å². The largest absolute Gasteiger partial charge is 0.463 e. The fraction of sp³-hybridized carbons (Fsp3) is 0.400. The molecular formula is C20H23FN6O3. The average Bonchev–Trinajstić information content (AvgIpc) is 3.26. The van der Waals surface area contributed by atoms with E-state index in [2.05, 4.69) is 20.3 Å². The topological polar surface area (TPSA) is 117 Å². The molecule has 4 rings (SSSR count). The van der Waals surface area contributed by atoms with E-state index < -0.39 is 18.0 Å². The van der Waals surface area contributed by atoms with Gasteiger partial charge in [-0.25, -0.2) is 9.37 Å². The van der Waals surface area contributed by atoms with Gasteiger partial charge in [0.1, 0.15) is 6.61 Å². The summed E-state index contributed by atoms with van der Waals surface area (Å²) in [7, 11) is 1.69. The molecule has 0 bridgehead atoms. The third-order valence-corrected chi connectivity index (χ3v) is 5.01. The summed E-state index contributed by atoms with van der Waals surface area (Å²) in [6, 6.07) is 9.28. The summed E-state index contributed by atoms with van der Waals surface area (Å²) in [6.07, 6.45) is 0.0878. The van der Waals surface area contributed by atoms with Gasteiger partial charge >= 0.3 is 5.97 Å². The van der Waals surface area contributed by atoms with Gasteiger partial charge in [-0.15, -0.1) is 0 Å². The first kappa shape index (κ1) is 20.0. The number of nitrogens with one attached hydrogen (secondary N) is 1. The van der Waals surface area contributed by atoms with Crippen LogP contribution < -0.4 is 11.1 Å². The Bertz CT molecular complexity index is 1060. The van der Waals surface area contributed by atoms with Crippen LogP contribution in [0.25, 0.3) is 11.2 Å². The van der Waals surface area contributed by atoms with Crippen molar-refractivity contribution in [1.29, 1.82) is 0 Å². The van der Waals surface area contributed by atoms with E-state index in [1.54, 1.807) is 7.05 Å². The molecule has 3 aromatic rings. The summed E-state index contributed by atoms with van der Waals surface area (Å²) in [5.74, 6) is 0.0980. The maximum absolute atomic E-state index is 15.4. The predicted molar refractivity (Wildman–Crippen MR) is 108 cm³/mol. The number of hydrogen-bond donors (Lipinski definition) is 2. The van der Waals surface area contributed by atoms with Crippen molar-refractivity contribution in [2.45, 2.75) is 37.8 Å². The fourth-order valence-corrected chi connectivity index (χ4v) is 3.65. The molecule has 0 unspecified atom stereocenters. The third-order valence-electron chi connectivity index (χ3n) is 5.01. The molecule has 3 N–H and O–H groups in total. The highest BCUT2D eigenvalue weighted by molar-refractivity contribution is 5.84. The van der Waals surface area contributed by atoms with E-state index in [0.29, 0.717) is 17.0 Å². The molecule has 0 amide bonds. The molecule has 1 aliphatic rings. The summed E-state index contributed by atoms with van der Waals surface area (Å²) in [6.45, 7) is 1.41. The summed E-state index contributed by atoms with van der Waals surface area (Å²) in [4.78, 5) is 24.7. The van der Waals surface area contributed by atoms with Gasteiger partial charge in [0, 0.05) is 13.5 Å². The lowest BCUT2D eigenvalue weighted by molar-refractivity contribution is -0.147. The van der Waals surface area contributed by atoms with E-state index in [0.717, 1.165) is 5.56 Å². The lowest BCUT2D eigenvalue weighted by atomic mass is 10.0.